The lowest BCUT2D eigenvalue weighted by atomic mass is 10.2. The molecule has 3 rings (SSSR count). The number of furan rings is 1. The summed E-state index contributed by atoms with van der Waals surface area (Å²) in [4.78, 5) is 48.4. The molecule has 0 unspecified atom stereocenters. The van der Waals surface area contributed by atoms with Gasteiger partial charge in [0, 0.05) is 0 Å². The molecule has 1 aliphatic rings. The first-order valence-electron chi connectivity index (χ1n) is 7.60. The highest BCUT2D eigenvalue weighted by atomic mass is 16.5. The van der Waals surface area contributed by atoms with Crippen LogP contribution < -0.4 is 15.0 Å². The van der Waals surface area contributed by atoms with E-state index in [4.69, 9.17) is 13.9 Å². The van der Waals surface area contributed by atoms with E-state index in [0.717, 1.165) is 0 Å². The van der Waals surface area contributed by atoms with E-state index < -0.39 is 30.3 Å². The Bertz CT molecular complexity index is 845. The van der Waals surface area contributed by atoms with Crippen LogP contribution in [-0.4, -0.2) is 43.4 Å². The van der Waals surface area contributed by atoms with Crippen molar-refractivity contribution in [3.63, 3.8) is 0 Å². The van der Waals surface area contributed by atoms with E-state index in [1.54, 1.807) is 24.3 Å². The maximum absolute atomic E-state index is 12.0. The number of para-hydroxylation sites is 2. The van der Waals surface area contributed by atoms with E-state index in [-0.39, 0.29) is 18.9 Å². The van der Waals surface area contributed by atoms with Gasteiger partial charge in [0.15, 0.2) is 19.0 Å². The van der Waals surface area contributed by atoms with Gasteiger partial charge >= 0.3 is 5.97 Å². The molecular formula is C17H14N2O7. The zero-order chi connectivity index (χ0) is 18.5. The van der Waals surface area contributed by atoms with Crippen molar-refractivity contribution in [3.05, 3.63) is 48.4 Å². The molecule has 3 amide bonds. The molecule has 0 aliphatic carbocycles. The summed E-state index contributed by atoms with van der Waals surface area (Å²) in [6.07, 6.45) is 1.29. The first kappa shape index (κ1) is 17.2. The van der Waals surface area contributed by atoms with Crippen LogP contribution in [0.4, 0.5) is 5.69 Å². The van der Waals surface area contributed by atoms with Gasteiger partial charge < -0.3 is 13.9 Å². The summed E-state index contributed by atoms with van der Waals surface area (Å²) >= 11 is 0. The number of hydrogen-bond donors (Lipinski definition) is 1. The first-order chi connectivity index (χ1) is 12.5. The van der Waals surface area contributed by atoms with Gasteiger partial charge in [-0.1, -0.05) is 12.1 Å². The molecule has 0 bridgehead atoms. The number of carbonyl (C=O) groups excluding carboxylic acids is 4. The summed E-state index contributed by atoms with van der Waals surface area (Å²) in [6.45, 7) is -1.23. The summed E-state index contributed by atoms with van der Waals surface area (Å²) < 4.78 is 14.9. The second kappa shape index (κ2) is 7.51. The van der Waals surface area contributed by atoms with Crippen LogP contribution in [0.3, 0.4) is 0 Å². The zero-order valence-electron chi connectivity index (χ0n) is 13.5. The molecule has 9 heteroatoms. The number of carbonyl (C=O) groups is 4. The highest BCUT2D eigenvalue weighted by Gasteiger charge is 2.27. The lowest BCUT2D eigenvalue weighted by Crippen LogP contribution is -2.43. The molecular weight excluding hydrogens is 344 g/mol. The van der Waals surface area contributed by atoms with E-state index in [1.807, 2.05) is 5.32 Å². The Labute approximate surface area is 147 Å². The summed E-state index contributed by atoms with van der Waals surface area (Å²) in [5, 5.41) is 2.02. The minimum Gasteiger partial charge on any atom is -0.482 e. The fourth-order valence-corrected chi connectivity index (χ4v) is 2.28. The Balaban J connectivity index is 1.52. The maximum Gasteiger partial charge on any atom is 0.326 e. The number of fused-ring (bicyclic) bond motifs is 1. The molecule has 2 heterocycles. The molecule has 0 spiro atoms. The van der Waals surface area contributed by atoms with Crippen LogP contribution in [0.5, 0.6) is 5.75 Å². The quantitative estimate of drug-likeness (QED) is 0.774. The van der Waals surface area contributed by atoms with Crippen molar-refractivity contribution in [3.8, 4) is 5.75 Å². The molecule has 2 aromatic rings. The standard InChI is InChI=1S/C17H14N2O7/c20-14(18-17(23)13-6-3-7-24-13)9-26-16(22)8-19-11-4-1-2-5-12(11)25-10-15(19)21/h1-7H,8-10H2,(H,18,20,23). The molecule has 0 atom stereocenters. The van der Waals surface area contributed by atoms with Gasteiger partial charge in [-0.2, -0.15) is 0 Å². The lowest BCUT2D eigenvalue weighted by molar-refractivity contribution is -0.147. The molecule has 0 radical (unpaired) electrons. The van der Waals surface area contributed by atoms with Crippen LogP contribution in [-0.2, 0) is 19.1 Å². The predicted molar refractivity (Wildman–Crippen MR) is 86.4 cm³/mol. The number of hydrogen-bond acceptors (Lipinski definition) is 7. The number of imide groups is 1. The smallest absolute Gasteiger partial charge is 0.326 e. The second-order valence-electron chi connectivity index (χ2n) is 5.25. The average Bonchev–Trinajstić information content (AvgIpc) is 3.17. The van der Waals surface area contributed by atoms with Crippen molar-refractivity contribution in [2.45, 2.75) is 0 Å². The van der Waals surface area contributed by atoms with Gasteiger partial charge in [0.1, 0.15) is 12.3 Å². The molecule has 0 saturated heterocycles. The third-order valence-electron chi connectivity index (χ3n) is 3.46. The maximum atomic E-state index is 12.0. The SMILES string of the molecule is O=C(COC(=O)CN1C(=O)COc2ccccc21)NC(=O)c1ccco1. The van der Waals surface area contributed by atoms with Crippen LogP contribution in [0.2, 0.25) is 0 Å². The fourth-order valence-electron chi connectivity index (χ4n) is 2.28. The third kappa shape index (κ3) is 3.89. The number of amides is 3. The number of nitrogens with one attached hydrogen (secondary N) is 1. The van der Waals surface area contributed by atoms with Gasteiger partial charge in [-0.3, -0.25) is 29.4 Å². The number of ether oxygens (including phenoxy) is 2. The summed E-state index contributed by atoms with van der Waals surface area (Å²) in [7, 11) is 0. The van der Waals surface area contributed by atoms with Gasteiger partial charge in [0.2, 0.25) is 0 Å². The molecule has 0 fully saturated rings. The number of nitrogens with zero attached hydrogens (tertiary/aromatic N) is 1. The van der Waals surface area contributed by atoms with Crippen LogP contribution >= 0.6 is 0 Å². The van der Waals surface area contributed by atoms with Crippen molar-refractivity contribution >= 4 is 29.4 Å². The van der Waals surface area contributed by atoms with E-state index in [1.165, 1.54) is 23.3 Å². The van der Waals surface area contributed by atoms with Crippen molar-refractivity contribution < 1.29 is 33.1 Å². The van der Waals surface area contributed by atoms with Crippen LogP contribution in [0.1, 0.15) is 10.6 Å². The molecule has 134 valence electrons. The van der Waals surface area contributed by atoms with Crippen molar-refractivity contribution in [2.75, 3.05) is 24.7 Å². The number of benzene rings is 1. The highest BCUT2D eigenvalue weighted by Crippen LogP contribution is 2.31. The van der Waals surface area contributed by atoms with Gasteiger partial charge in [-0.15, -0.1) is 0 Å². The van der Waals surface area contributed by atoms with Crippen LogP contribution in [0, 0.1) is 0 Å². The topological polar surface area (TPSA) is 115 Å². The summed E-state index contributed by atoms with van der Waals surface area (Å²) in [5.41, 5.74) is 0.443. The molecule has 0 saturated carbocycles. The Kier molecular flexibility index (Phi) is 4.97. The molecule has 1 aromatic heterocycles. The molecule has 1 aliphatic heterocycles. The Morgan fingerprint density at radius 3 is 2.73 bits per heavy atom. The van der Waals surface area contributed by atoms with E-state index in [0.29, 0.717) is 11.4 Å². The van der Waals surface area contributed by atoms with Gasteiger partial charge in [-0.05, 0) is 24.3 Å². The lowest BCUT2D eigenvalue weighted by Gasteiger charge is -2.28. The Morgan fingerprint density at radius 1 is 1.15 bits per heavy atom. The molecule has 26 heavy (non-hydrogen) atoms. The van der Waals surface area contributed by atoms with E-state index >= 15 is 0 Å². The van der Waals surface area contributed by atoms with Crippen LogP contribution in [0.25, 0.3) is 0 Å². The minimum absolute atomic E-state index is 0.0415. The van der Waals surface area contributed by atoms with Gasteiger partial charge in [-0.25, -0.2) is 0 Å². The minimum atomic E-state index is -0.812. The number of anilines is 1. The van der Waals surface area contributed by atoms with Gasteiger partial charge in [0.05, 0.1) is 12.0 Å². The van der Waals surface area contributed by atoms with E-state index in [2.05, 4.69) is 0 Å². The molecule has 1 aromatic carbocycles. The second-order valence-corrected chi connectivity index (χ2v) is 5.25. The fraction of sp³-hybridized carbons (Fsp3) is 0.176. The van der Waals surface area contributed by atoms with Crippen LogP contribution in [0.15, 0.2) is 47.1 Å². The summed E-state index contributed by atoms with van der Waals surface area (Å²) in [6, 6.07) is 9.63. The normalized spacial score (nSPS) is 12.8. The summed E-state index contributed by atoms with van der Waals surface area (Å²) in [5.74, 6) is -2.32. The Morgan fingerprint density at radius 2 is 1.96 bits per heavy atom. The van der Waals surface area contributed by atoms with Crippen molar-refractivity contribution in [1.29, 1.82) is 0 Å². The predicted octanol–water partition coefficient (Wildman–Crippen LogP) is 0.505. The van der Waals surface area contributed by atoms with Gasteiger partial charge in [0.25, 0.3) is 17.7 Å². The van der Waals surface area contributed by atoms with E-state index in [9.17, 15) is 19.2 Å². The molecule has 1 N–H and O–H groups in total. The number of esters is 1. The zero-order valence-corrected chi connectivity index (χ0v) is 13.5. The number of rotatable bonds is 5. The Hall–Kier alpha value is -3.62. The van der Waals surface area contributed by atoms with Crippen molar-refractivity contribution in [2.24, 2.45) is 0 Å². The molecule has 9 nitrogen and oxygen atoms in total. The largest absolute Gasteiger partial charge is 0.482 e. The monoisotopic (exact) mass is 358 g/mol. The third-order valence-corrected chi connectivity index (χ3v) is 3.46. The average molecular weight is 358 g/mol. The highest BCUT2D eigenvalue weighted by molar-refractivity contribution is 6.04. The first-order valence-corrected chi connectivity index (χ1v) is 7.60. The van der Waals surface area contributed by atoms with Crippen molar-refractivity contribution in [1.82, 2.24) is 5.32 Å².